The number of thiophene rings is 1. The lowest BCUT2D eigenvalue weighted by atomic mass is 9.87. The van der Waals surface area contributed by atoms with E-state index in [9.17, 15) is 14.7 Å². The average molecular weight is 507 g/mol. The molecule has 2 aromatic heterocycles. The Kier molecular flexibility index (Phi) is 7.99. The Morgan fingerprint density at radius 2 is 2.06 bits per heavy atom. The van der Waals surface area contributed by atoms with Crippen LogP contribution in [0.5, 0.6) is 5.75 Å². The molecule has 0 saturated heterocycles. The fraction of sp³-hybridized carbons (Fsp3) is 0.560. The molecule has 4 rings (SSSR count). The molecular formula is C25H31ClN2O5S. The van der Waals surface area contributed by atoms with Crippen LogP contribution in [0.15, 0.2) is 18.2 Å². The van der Waals surface area contributed by atoms with E-state index in [0.717, 1.165) is 47.0 Å². The molecule has 2 heterocycles. The Bertz CT molecular complexity index is 1040. The standard InChI is InChI=1S/C25H31ClN2O5S/c1-15-21(33-19-5-3-4-17(12-19)24(29)30)9-8-20(27-15)23-18(13-22(26)34-23)14-32-25(31)28(2)11-10-16-6-7-16/h8-9,13,16-17,19H,3-7,10-12,14H2,1-2H3,(H,29,30)/t17-,19-/m0/s1. The normalized spacial score (nSPS) is 20.1. The van der Waals surface area contributed by atoms with Crippen LogP contribution < -0.4 is 4.74 Å². The molecule has 0 aliphatic heterocycles. The van der Waals surface area contributed by atoms with Crippen molar-refractivity contribution in [2.75, 3.05) is 13.6 Å². The SMILES string of the molecule is Cc1nc(-c2sc(Cl)cc2COC(=O)N(C)CCC2CC2)ccc1O[C@H]1CCC[C@H](C(=O)O)C1. The maximum atomic E-state index is 12.4. The monoisotopic (exact) mass is 506 g/mol. The van der Waals surface area contributed by atoms with Gasteiger partial charge in [0.25, 0.3) is 0 Å². The minimum absolute atomic E-state index is 0.121. The molecule has 7 nitrogen and oxygen atoms in total. The maximum absolute atomic E-state index is 12.4. The number of carbonyl (C=O) groups is 2. The van der Waals surface area contributed by atoms with Crippen molar-refractivity contribution in [3.63, 3.8) is 0 Å². The fourth-order valence-corrected chi connectivity index (χ4v) is 5.52. The molecule has 0 bridgehead atoms. The van der Waals surface area contributed by atoms with Crippen LogP contribution in [-0.4, -0.2) is 46.7 Å². The van der Waals surface area contributed by atoms with Gasteiger partial charge in [0.05, 0.1) is 32.6 Å². The van der Waals surface area contributed by atoms with Gasteiger partial charge in [0.2, 0.25) is 0 Å². The summed E-state index contributed by atoms with van der Waals surface area (Å²) in [5, 5.41) is 9.32. The number of aryl methyl sites for hydroxylation is 1. The number of nitrogens with zero attached hydrogens (tertiary/aromatic N) is 2. The molecule has 0 unspecified atom stereocenters. The number of aromatic nitrogens is 1. The van der Waals surface area contributed by atoms with E-state index < -0.39 is 5.97 Å². The summed E-state index contributed by atoms with van der Waals surface area (Å²) in [5.74, 6) is 0.316. The zero-order chi connectivity index (χ0) is 24.2. The summed E-state index contributed by atoms with van der Waals surface area (Å²) in [6, 6.07) is 5.56. The van der Waals surface area contributed by atoms with Gasteiger partial charge in [-0.25, -0.2) is 9.78 Å². The van der Waals surface area contributed by atoms with Gasteiger partial charge in [-0.05, 0) is 63.1 Å². The highest BCUT2D eigenvalue weighted by Crippen LogP contribution is 2.37. The second kappa shape index (κ2) is 11.0. The lowest BCUT2D eigenvalue weighted by Crippen LogP contribution is -2.29. The summed E-state index contributed by atoms with van der Waals surface area (Å²) in [5.41, 5.74) is 2.28. The summed E-state index contributed by atoms with van der Waals surface area (Å²) in [6.45, 7) is 2.71. The Morgan fingerprint density at radius 3 is 2.76 bits per heavy atom. The van der Waals surface area contributed by atoms with Crippen molar-refractivity contribution in [2.24, 2.45) is 11.8 Å². The van der Waals surface area contributed by atoms with Crippen LogP contribution in [0.4, 0.5) is 4.79 Å². The van der Waals surface area contributed by atoms with Crippen molar-refractivity contribution in [3.8, 4) is 16.3 Å². The van der Waals surface area contributed by atoms with Crippen molar-refractivity contribution >= 4 is 35.0 Å². The van der Waals surface area contributed by atoms with Crippen LogP contribution in [0.1, 0.15) is 56.2 Å². The highest BCUT2D eigenvalue weighted by molar-refractivity contribution is 7.19. The first kappa shape index (κ1) is 24.8. The van der Waals surface area contributed by atoms with Crippen molar-refractivity contribution in [1.82, 2.24) is 9.88 Å². The molecule has 2 atom stereocenters. The van der Waals surface area contributed by atoms with E-state index in [4.69, 9.17) is 26.1 Å². The Balaban J connectivity index is 1.39. The van der Waals surface area contributed by atoms with Crippen LogP contribution in [0, 0.1) is 18.8 Å². The Labute approximate surface area is 209 Å². The molecule has 2 aromatic rings. The van der Waals surface area contributed by atoms with E-state index in [-0.39, 0.29) is 24.7 Å². The molecule has 2 aliphatic rings. The maximum Gasteiger partial charge on any atom is 0.409 e. The highest BCUT2D eigenvalue weighted by Gasteiger charge is 2.28. The number of carboxylic acids is 1. The fourth-order valence-electron chi connectivity index (χ4n) is 4.30. The molecule has 2 fully saturated rings. The predicted molar refractivity (Wildman–Crippen MR) is 131 cm³/mol. The quantitative estimate of drug-likeness (QED) is 0.438. The van der Waals surface area contributed by atoms with Gasteiger partial charge in [-0.1, -0.05) is 24.4 Å². The van der Waals surface area contributed by atoms with Gasteiger partial charge >= 0.3 is 12.1 Å². The number of pyridine rings is 1. The summed E-state index contributed by atoms with van der Waals surface area (Å²) < 4.78 is 12.3. The molecule has 1 amide bonds. The first-order valence-corrected chi connectivity index (χ1v) is 13.0. The van der Waals surface area contributed by atoms with E-state index >= 15 is 0 Å². The van der Waals surface area contributed by atoms with E-state index in [2.05, 4.69) is 0 Å². The van der Waals surface area contributed by atoms with E-state index in [1.54, 1.807) is 11.9 Å². The van der Waals surface area contributed by atoms with Crippen LogP contribution in [-0.2, 0) is 16.1 Å². The number of hydrogen-bond acceptors (Lipinski definition) is 6. The minimum atomic E-state index is -0.754. The third kappa shape index (κ3) is 6.42. The van der Waals surface area contributed by atoms with Crippen LogP contribution in [0.2, 0.25) is 4.34 Å². The molecule has 1 N–H and O–H groups in total. The molecule has 0 spiro atoms. The summed E-state index contributed by atoms with van der Waals surface area (Å²) >= 11 is 7.69. The van der Waals surface area contributed by atoms with Crippen molar-refractivity contribution < 1.29 is 24.2 Å². The lowest BCUT2D eigenvalue weighted by molar-refractivity contribution is -0.143. The molecule has 2 saturated carbocycles. The van der Waals surface area contributed by atoms with Gasteiger partial charge in [-0.2, -0.15) is 0 Å². The second-order valence-corrected chi connectivity index (χ2v) is 11.0. The summed E-state index contributed by atoms with van der Waals surface area (Å²) in [6.07, 6.45) is 6.00. The number of carbonyl (C=O) groups excluding carboxylic acids is 1. The first-order chi connectivity index (χ1) is 16.3. The van der Waals surface area contributed by atoms with Gasteiger partial charge in [0.15, 0.2) is 0 Å². The molecule has 184 valence electrons. The lowest BCUT2D eigenvalue weighted by Gasteiger charge is -2.27. The molecule has 9 heteroatoms. The van der Waals surface area contributed by atoms with Crippen molar-refractivity contribution in [1.29, 1.82) is 0 Å². The molecule has 2 aliphatic carbocycles. The molecular weight excluding hydrogens is 476 g/mol. The minimum Gasteiger partial charge on any atom is -0.489 e. The van der Waals surface area contributed by atoms with Crippen LogP contribution >= 0.6 is 22.9 Å². The smallest absolute Gasteiger partial charge is 0.409 e. The number of ether oxygens (including phenoxy) is 2. The van der Waals surface area contributed by atoms with E-state index in [0.29, 0.717) is 29.5 Å². The van der Waals surface area contributed by atoms with Gasteiger partial charge in [0, 0.05) is 19.2 Å². The number of rotatable bonds is 9. The van der Waals surface area contributed by atoms with Crippen molar-refractivity contribution in [3.05, 3.63) is 33.8 Å². The number of aliphatic carboxylic acids is 1. The summed E-state index contributed by atoms with van der Waals surface area (Å²) in [4.78, 5) is 30.9. The Hall–Kier alpha value is -2.32. The van der Waals surface area contributed by atoms with Crippen LogP contribution in [0.25, 0.3) is 10.6 Å². The highest BCUT2D eigenvalue weighted by atomic mass is 35.5. The number of halogens is 1. The average Bonchev–Trinajstić information content (AvgIpc) is 3.57. The second-order valence-electron chi connectivity index (χ2n) is 9.33. The molecule has 34 heavy (non-hydrogen) atoms. The van der Waals surface area contributed by atoms with Gasteiger partial charge in [-0.3, -0.25) is 4.79 Å². The number of carboxylic acid groups (broad SMARTS) is 1. The van der Waals surface area contributed by atoms with Gasteiger partial charge < -0.3 is 19.5 Å². The number of hydrogen-bond donors (Lipinski definition) is 1. The first-order valence-electron chi connectivity index (χ1n) is 11.8. The number of amides is 1. The van der Waals surface area contributed by atoms with E-state index in [1.165, 1.54) is 24.2 Å². The van der Waals surface area contributed by atoms with Crippen LogP contribution in [0.3, 0.4) is 0 Å². The Morgan fingerprint density at radius 1 is 1.26 bits per heavy atom. The predicted octanol–water partition coefficient (Wildman–Crippen LogP) is 6.16. The topological polar surface area (TPSA) is 89.0 Å². The zero-order valence-corrected chi connectivity index (χ0v) is 21.2. The molecule has 0 aromatic carbocycles. The summed E-state index contributed by atoms with van der Waals surface area (Å²) in [7, 11) is 1.76. The van der Waals surface area contributed by atoms with Crippen molar-refractivity contribution in [2.45, 2.75) is 64.6 Å². The molecule has 0 radical (unpaired) electrons. The third-order valence-electron chi connectivity index (χ3n) is 6.55. The van der Waals surface area contributed by atoms with Gasteiger partial charge in [-0.15, -0.1) is 11.3 Å². The largest absolute Gasteiger partial charge is 0.489 e. The zero-order valence-electron chi connectivity index (χ0n) is 19.6. The third-order valence-corrected chi connectivity index (χ3v) is 7.88. The van der Waals surface area contributed by atoms with E-state index in [1.807, 2.05) is 25.1 Å². The van der Waals surface area contributed by atoms with Gasteiger partial charge in [0.1, 0.15) is 12.4 Å².